The summed E-state index contributed by atoms with van der Waals surface area (Å²) in [6, 6.07) is 0. The van der Waals surface area contributed by atoms with Gasteiger partial charge in [0.25, 0.3) is 0 Å². The molecule has 0 radical (unpaired) electrons. The molecule has 62 valence electrons. The zero-order valence-corrected chi connectivity index (χ0v) is 8.82. The van der Waals surface area contributed by atoms with Gasteiger partial charge in [0.2, 0.25) is 0 Å². The third kappa shape index (κ3) is 6.26. The Kier molecular flexibility index (Phi) is 7.35. The molecule has 0 fully saturated rings. The standard InChI is InChI=1S/C7H20N2Si/c1-4-7(3)10-9-6-8-5-2/h7-9H,4-6,10H2,1-3H3. The first-order chi connectivity index (χ1) is 4.81. The van der Waals surface area contributed by atoms with E-state index in [0.29, 0.717) is 0 Å². The Morgan fingerprint density at radius 3 is 2.60 bits per heavy atom. The van der Waals surface area contributed by atoms with Crippen molar-refractivity contribution in [2.75, 3.05) is 13.2 Å². The summed E-state index contributed by atoms with van der Waals surface area (Å²) in [5.41, 5.74) is 0.943. The highest BCUT2D eigenvalue weighted by Crippen LogP contribution is 2.02. The van der Waals surface area contributed by atoms with Crippen LogP contribution in [0.4, 0.5) is 0 Å². The van der Waals surface area contributed by atoms with Gasteiger partial charge in [-0.25, -0.2) is 0 Å². The van der Waals surface area contributed by atoms with Crippen molar-refractivity contribution in [3.63, 3.8) is 0 Å². The monoisotopic (exact) mass is 160 g/mol. The minimum absolute atomic E-state index is 0.00285. The second-order valence-electron chi connectivity index (χ2n) is 2.75. The average Bonchev–Trinajstić information content (AvgIpc) is 1.98. The van der Waals surface area contributed by atoms with Crippen LogP contribution in [0.2, 0.25) is 5.54 Å². The van der Waals surface area contributed by atoms with Gasteiger partial charge >= 0.3 is 0 Å². The van der Waals surface area contributed by atoms with Crippen molar-refractivity contribution < 1.29 is 0 Å². The predicted molar refractivity (Wildman–Crippen MR) is 49.9 cm³/mol. The normalized spacial score (nSPS) is 14.7. The van der Waals surface area contributed by atoms with E-state index in [-0.39, 0.29) is 9.68 Å². The van der Waals surface area contributed by atoms with Crippen molar-refractivity contribution in [2.45, 2.75) is 32.7 Å². The van der Waals surface area contributed by atoms with Crippen molar-refractivity contribution in [2.24, 2.45) is 0 Å². The number of nitrogens with one attached hydrogen (secondary N) is 2. The molecule has 2 N–H and O–H groups in total. The molecule has 0 aliphatic rings. The fourth-order valence-corrected chi connectivity index (χ4v) is 1.78. The van der Waals surface area contributed by atoms with Gasteiger partial charge in [-0.2, -0.15) is 0 Å². The third-order valence-corrected chi connectivity index (χ3v) is 3.50. The van der Waals surface area contributed by atoms with Crippen LogP contribution in [-0.2, 0) is 0 Å². The SMILES string of the molecule is CCNCN[SiH2]C(C)CC. The molecule has 0 aliphatic heterocycles. The number of hydrogen-bond acceptors (Lipinski definition) is 2. The lowest BCUT2D eigenvalue weighted by Crippen LogP contribution is -2.32. The maximum Gasteiger partial charge on any atom is 0.0958 e. The molecule has 0 amide bonds. The van der Waals surface area contributed by atoms with E-state index < -0.39 is 0 Å². The lowest BCUT2D eigenvalue weighted by Gasteiger charge is -2.08. The Morgan fingerprint density at radius 1 is 1.40 bits per heavy atom. The van der Waals surface area contributed by atoms with E-state index in [1.54, 1.807) is 0 Å². The number of rotatable bonds is 6. The second-order valence-corrected chi connectivity index (χ2v) is 5.05. The molecule has 1 unspecified atom stereocenters. The first-order valence-corrected chi connectivity index (χ1v) is 5.75. The second kappa shape index (κ2) is 7.25. The van der Waals surface area contributed by atoms with Crippen LogP contribution in [0.3, 0.4) is 0 Å². The molecule has 3 heteroatoms. The number of hydrogen-bond donors (Lipinski definition) is 2. The van der Waals surface area contributed by atoms with E-state index >= 15 is 0 Å². The molecule has 0 rings (SSSR count). The average molecular weight is 160 g/mol. The molecular weight excluding hydrogens is 140 g/mol. The van der Waals surface area contributed by atoms with Crippen molar-refractivity contribution in [1.82, 2.24) is 10.3 Å². The van der Waals surface area contributed by atoms with E-state index in [1.807, 2.05) is 0 Å². The maximum atomic E-state index is 3.46. The molecule has 0 aromatic rings. The van der Waals surface area contributed by atoms with E-state index in [4.69, 9.17) is 0 Å². The summed E-state index contributed by atoms with van der Waals surface area (Å²) >= 11 is 0. The van der Waals surface area contributed by atoms with Gasteiger partial charge in [0.05, 0.1) is 9.68 Å². The highest BCUT2D eigenvalue weighted by atomic mass is 28.2. The van der Waals surface area contributed by atoms with Crippen LogP contribution < -0.4 is 10.3 Å². The van der Waals surface area contributed by atoms with Gasteiger partial charge in [-0.3, -0.25) is 0 Å². The maximum absolute atomic E-state index is 3.46. The van der Waals surface area contributed by atoms with Gasteiger partial charge in [0, 0.05) is 6.67 Å². The fourth-order valence-electron chi connectivity index (χ4n) is 0.676. The van der Waals surface area contributed by atoms with Gasteiger partial charge in [0.15, 0.2) is 0 Å². The van der Waals surface area contributed by atoms with E-state index in [9.17, 15) is 0 Å². The van der Waals surface area contributed by atoms with E-state index in [2.05, 4.69) is 31.1 Å². The Balaban J connectivity index is 2.89. The smallest absolute Gasteiger partial charge is 0.0958 e. The first kappa shape index (κ1) is 10.1. The Bertz CT molecular complexity index is 68.6. The topological polar surface area (TPSA) is 24.1 Å². The highest BCUT2D eigenvalue weighted by Gasteiger charge is 1.96. The molecule has 2 nitrogen and oxygen atoms in total. The molecule has 0 aromatic heterocycles. The molecule has 0 saturated heterocycles. The molecule has 10 heavy (non-hydrogen) atoms. The van der Waals surface area contributed by atoms with Crippen LogP contribution in [0.25, 0.3) is 0 Å². The zero-order chi connectivity index (χ0) is 7.82. The molecule has 0 aromatic carbocycles. The van der Waals surface area contributed by atoms with Crippen LogP contribution in [-0.4, -0.2) is 22.9 Å². The first-order valence-electron chi connectivity index (χ1n) is 4.22. The summed E-state index contributed by atoms with van der Waals surface area (Å²) in [7, 11) is 0.00285. The lowest BCUT2D eigenvalue weighted by molar-refractivity contribution is 0.694. The van der Waals surface area contributed by atoms with E-state index in [0.717, 1.165) is 18.8 Å². The summed E-state index contributed by atoms with van der Waals surface area (Å²) in [5, 5.41) is 3.25. The Hall–Kier alpha value is 0.137. The van der Waals surface area contributed by atoms with Gasteiger partial charge in [-0.1, -0.05) is 27.2 Å². The molecule has 0 saturated carbocycles. The molecular formula is C7H20N2Si. The van der Waals surface area contributed by atoms with Gasteiger partial charge < -0.3 is 10.3 Å². The summed E-state index contributed by atoms with van der Waals surface area (Å²) < 4.78 is 0. The summed E-state index contributed by atoms with van der Waals surface area (Å²) in [4.78, 5) is 3.46. The fraction of sp³-hybridized carbons (Fsp3) is 1.00. The van der Waals surface area contributed by atoms with E-state index in [1.165, 1.54) is 6.42 Å². The van der Waals surface area contributed by atoms with Crippen molar-refractivity contribution >= 4 is 9.68 Å². The minimum atomic E-state index is 0.00285. The predicted octanol–water partition coefficient (Wildman–Crippen LogP) is 0.445. The molecule has 0 bridgehead atoms. The van der Waals surface area contributed by atoms with Crippen LogP contribution in [0.1, 0.15) is 27.2 Å². The third-order valence-electron chi connectivity index (χ3n) is 1.69. The largest absolute Gasteiger partial charge is 0.330 e. The van der Waals surface area contributed by atoms with Crippen molar-refractivity contribution in [3.05, 3.63) is 0 Å². The highest BCUT2D eigenvalue weighted by molar-refractivity contribution is 6.34. The molecule has 0 aliphatic carbocycles. The summed E-state index contributed by atoms with van der Waals surface area (Å²) in [5.74, 6) is 0. The van der Waals surface area contributed by atoms with Crippen molar-refractivity contribution in [3.8, 4) is 0 Å². The zero-order valence-electron chi connectivity index (χ0n) is 7.41. The van der Waals surface area contributed by atoms with Gasteiger partial charge in [-0.15, -0.1) is 0 Å². The molecule has 0 spiro atoms. The van der Waals surface area contributed by atoms with Crippen LogP contribution >= 0.6 is 0 Å². The summed E-state index contributed by atoms with van der Waals surface area (Å²) in [6.07, 6.45) is 1.32. The van der Waals surface area contributed by atoms with Crippen LogP contribution in [0.15, 0.2) is 0 Å². The van der Waals surface area contributed by atoms with Crippen molar-refractivity contribution in [1.29, 1.82) is 0 Å². The minimum Gasteiger partial charge on any atom is -0.330 e. The molecule has 1 atom stereocenters. The van der Waals surface area contributed by atoms with Gasteiger partial charge in [-0.05, 0) is 12.1 Å². The summed E-state index contributed by atoms with van der Waals surface area (Å²) in [6.45, 7) is 8.79. The Labute approximate surface area is 66.7 Å². The molecule has 0 heterocycles. The van der Waals surface area contributed by atoms with Crippen LogP contribution in [0.5, 0.6) is 0 Å². The van der Waals surface area contributed by atoms with Crippen LogP contribution in [0, 0.1) is 0 Å². The Morgan fingerprint density at radius 2 is 2.10 bits per heavy atom. The van der Waals surface area contributed by atoms with Gasteiger partial charge in [0.1, 0.15) is 0 Å². The lowest BCUT2D eigenvalue weighted by atomic mass is 10.4. The quantitative estimate of drug-likeness (QED) is 0.335.